The van der Waals surface area contributed by atoms with Gasteiger partial charge in [-0.05, 0) is 44.4 Å². The molecule has 150 valence electrons. The number of hydrogen-bond donors (Lipinski definition) is 0. The highest BCUT2D eigenvalue weighted by atomic mass is 16.5. The fourth-order valence-corrected chi connectivity index (χ4v) is 5.33. The zero-order chi connectivity index (χ0) is 19.6. The fourth-order valence-electron chi connectivity index (χ4n) is 5.33. The van der Waals surface area contributed by atoms with E-state index in [-0.39, 0.29) is 23.1 Å². The van der Waals surface area contributed by atoms with E-state index in [1.165, 1.54) is 32.1 Å². The van der Waals surface area contributed by atoms with Crippen molar-refractivity contribution < 1.29 is 14.3 Å². The summed E-state index contributed by atoms with van der Waals surface area (Å²) in [5, 5.41) is 0. The number of Topliss-reactive ketones (excluding diaryl/α,β-unsaturated/α-hetero) is 1. The fraction of sp³-hybridized carbons (Fsp3) is 0.783. The van der Waals surface area contributed by atoms with Gasteiger partial charge in [-0.25, -0.2) is 0 Å². The van der Waals surface area contributed by atoms with Crippen LogP contribution in [0.2, 0.25) is 0 Å². The van der Waals surface area contributed by atoms with Crippen molar-refractivity contribution in [3.63, 3.8) is 0 Å². The van der Waals surface area contributed by atoms with Crippen LogP contribution in [0.15, 0.2) is 16.3 Å². The Morgan fingerprint density at radius 3 is 2.52 bits per heavy atom. The molecule has 27 heavy (non-hydrogen) atoms. The molecule has 1 saturated carbocycles. The average Bonchev–Trinajstić information content (AvgIpc) is 2.59. The molecule has 0 amide bonds. The van der Waals surface area contributed by atoms with Gasteiger partial charge in [0, 0.05) is 29.3 Å². The summed E-state index contributed by atoms with van der Waals surface area (Å²) in [7, 11) is 0. The lowest BCUT2D eigenvalue weighted by Gasteiger charge is -2.39. The highest BCUT2D eigenvalue weighted by molar-refractivity contribution is 6.07. The molecule has 3 rings (SSSR count). The third kappa shape index (κ3) is 4.52. The Kier molecular flexibility index (Phi) is 6.22. The maximum atomic E-state index is 13.1. The van der Waals surface area contributed by atoms with Gasteiger partial charge in [-0.3, -0.25) is 14.6 Å². The second-order valence-corrected chi connectivity index (χ2v) is 9.47. The van der Waals surface area contributed by atoms with Gasteiger partial charge in [0.05, 0.1) is 6.61 Å². The zero-order valence-corrected chi connectivity index (χ0v) is 17.5. The zero-order valence-electron chi connectivity index (χ0n) is 17.5. The SMILES string of the molecule is CCOC(=O)C1C(C)=NC2=C(C(=O)CC(C)(C)C2)[C@@H]1CCC1CCCCC1. The predicted octanol–water partition coefficient (Wildman–Crippen LogP) is 5.26. The van der Waals surface area contributed by atoms with E-state index >= 15 is 0 Å². The maximum absolute atomic E-state index is 13.1. The van der Waals surface area contributed by atoms with E-state index in [0.29, 0.717) is 13.0 Å². The van der Waals surface area contributed by atoms with Gasteiger partial charge in [-0.1, -0.05) is 46.0 Å². The lowest BCUT2D eigenvalue weighted by Crippen LogP contribution is -2.41. The van der Waals surface area contributed by atoms with Crippen molar-refractivity contribution in [3.05, 3.63) is 11.3 Å². The molecule has 1 heterocycles. The summed E-state index contributed by atoms with van der Waals surface area (Å²) in [6.07, 6.45) is 9.92. The molecule has 3 aliphatic rings. The van der Waals surface area contributed by atoms with Gasteiger partial charge in [0.15, 0.2) is 5.78 Å². The molecule has 0 aromatic heterocycles. The molecule has 2 aliphatic carbocycles. The van der Waals surface area contributed by atoms with Crippen LogP contribution in [0.3, 0.4) is 0 Å². The topological polar surface area (TPSA) is 55.7 Å². The number of ketones is 1. The van der Waals surface area contributed by atoms with Crippen LogP contribution in [-0.4, -0.2) is 24.1 Å². The van der Waals surface area contributed by atoms with Crippen molar-refractivity contribution in [2.45, 2.75) is 85.5 Å². The van der Waals surface area contributed by atoms with Crippen LogP contribution in [0.25, 0.3) is 0 Å². The Balaban J connectivity index is 1.88. The summed E-state index contributed by atoms with van der Waals surface area (Å²) in [4.78, 5) is 30.6. The van der Waals surface area contributed by atoms with E-state index in [2.05, 4.69) is 13.8 Å². The molecule has 4 heteroatoms. The molecule has 0 aromatic carbocycles. The van der Waals surface area contributed by atoms with Crippen LogP contribution < -0.4 is 0 Å². The van der Waals surface area contributed by atoms with Crippen molar-refractivity contribution in [1.29, 1.82) is 0 Å². The third-order valence-corrected chi connectivity index (χ3v) is 6.58. The molecule has 0 aromatic rings. The number of esters is 1. The first kappa shape index (κ1) is 20.3. The van der Waals surface area contributed by atoms with E-state index in [4.69, 9.17) is 9.73 Å². The Morgan fingerprint density at radius 2 is 1.85 bits per heavy atom. The van der Waals surface area contributed by atoms with Crippen LogP contribution in [0.4, 0.5) is 0 Å². The number of allylic oxidation sites excluding steroid dienone is 2. The molecule has 0 radical (unpaired) electrons. The lowest BCUT2D eigenvalue weighted by atomic mass is 9.67. The molecule has 0 N–H and O–H groups in total. The Hall–Kier alpha value is -1.45. The normalized spacial score (nSPS) is 28.6. The number of nitrogens with zero attached hydrogens (tertiary/aromatic N) is 1. The van der Waals surface area contributed by atoms with Crippen molar-refractivity contribution in [2.24, 2.45) is 28.2 Å². The number of hydrogen-bond acceptors (Lipinski definition) is 4. The van der Waals surface area contributed by atoms with Crippen molar-refractivity contribution in [2.75, 3.05) is 6.61 Å². The average molecular weight is 374 g/mol. The van der Waals surface area contributed by atoms with E-state index in [1.54, 1.807) is 0 Å². The second-order valence-electron chi connectivity index (χ2n) is 9.47. The van der Waals surface area contributed by atoms with E-state index < -0.39 is 5.92 Å². The van der Waals surface area contributed by atoms with Gasteiger partial charge in [0.1, 0.15) is 5.92 Å². The summed E-state index contributed by atoms with van der Waals surface area (Å²) in [6, 6.07) is 0. The molecule has 1 fully saturated rings. The minimum absolute atomic E-state index is 0.0512. The molecular formula is C23H35NO3. The largest absolute Gasteiger partial charge is 0.465 e. The predicted molar refractivity (Wildman–Crippen MR) is 108 cm³/mol. The smallest absolute Gasteiger partial charge is 0.315 e. The van der Waals surface area contributed by atoms with Crippen LogP contribution in [0.1, 0.15) is 85.5 Å². The number of carbonyl (C=O) groups is 2. The first-order chi connectivity index (χ1) is 12.8. The van der Waals surface area contributed by atoms with Gasteiger partial charge in [-0.2, -0.15) is 0 Å². The number of aliphatic imine (C=N–C) groups is 1. The molecule has 1 unspecified atom stereocenters. The Labute approximate surface area is 163 Å². The van der Waals surface area contributed by atoms with Gasteiger partial charge in [-0.15, -0.1) is 0 Å². The summed E-state index contributed by atoms with van der Waals surface area (Å²) in [5.41, 5.74) is 2.55. The van der Waals surface area contributed by atoms with Gasteiger partial charge in [0.25, 0.3) is 0 Å². The molecule has 2 atom stereocenters. The first-order valence-electron chi connectivity index (χ1n) is 10.8. The molecule has 0 saturated heterocycles. The van der Waals surface area contributed by atoms with Crippen LogP contribution >= 0.6 is 0 Å². The Morgan fingerprint density at radius 1 is 1.15 bits per heavy atom. The van der Waals surface area contributed by atoms with Crippen molar-refractivity contribution >= 4 is 17.5 Å². The third-order valence-electron chi connectivity index (χ3n) is 6.58. The standard InChI is InChI=1S/C23H35NO3/c1-5-27-22(26)20-15(2)24-18-13-23(3,4)14-19(25)21(18)17(20)12-11-16-9-7-6-8-10-16/h16-17,20H,5-14H2,1-4H3/t17-,20?/m1/s1. The highest BCUT2D eigenvalue weighted by Crippen LogP contribution is 2.46. The van der Waals surface area contributed by atoms with E-state index in [9.17, 15) is 9.59 Å². The number of rotatable bonds is 5. The lowest BCUT2D eigenvalue weighted by molar-refractivity contribution is -0.147. The molecular weight excluding hydrogens is 338 g/mol. The minimum atomic E-state index is -0.391. The molecule has 4 nitrogen and oxygen atoms in total. The van der Waals surface area contributed by atoms with E-state index in [1.807, 2.05) is 13.8 Å². The minimum Gasteiger partial charge on any atom is -0.465 e. The van der Waals surface area contributed by atoms with Crippen LogP contribution in [0, 0.1) is 23.2 Å². The van der Waals surface area contributed by atoms with Crippen molar-refractivity contribution in [3.8, 4) is 0 Å². The molecule has 0 bridgehead atoms. The molecule has 0 spiro atoms. The quantitative estimate of drug-likeness (QED) is 0.618. The van der Waals surface area contributed by atoms with E-state index in [0.717, 1.165) is 42.2 Å². The summed E-state index contributed by atoms with van der Waals surface area (Å²) < 4.78 is 5.38. The highest BCUT2D eigenvalue weighted by Gasteiger charge is 2.45. The summed E-state index contributed by atoms with van der Waals surface area (Å²) in [5.74, 6) is 0.275. The maximum Gasteiger partial charge on any atom is 0.315 e. The van der Waals surface area contributed by atoms with Crippen molar-refractivity contribution in [1.82, 2.24) is 0 Å². The van der Waals surface area contributed by atoms with Gasteiger partial charge >= 0.3 is 5.97 Å². The first-order valence-corrected chi connectivity index (χ1v) is 10.8. The van der Waals surface area contributed by atoms with Crippen LogP contribution in [0.5, 0.6) is 0 Å². The van der Waals surface area contributed by atoms with Crippen LogP contribution in [-0.2, 0) is 14.3 Å². The molecule has 1 aliphatic heterocycles. The summed E-state index contributed by atoms with van der Waals surface area (Å²) in [6.45, 7) is 8.40. The number of carbonyl (C=O) groups excluding carboxylic acids is 2. The summed E-state index contributed by atoms with van der Waals surface area (Å²) >= 11 is 0. The van der Waals surface area contributed by atoms with Gasteiger partial charge in [0.2, 0.25) is 0 Å². The second kappa shape index (κ2) is 8.28. The Bertz CT molecular complexity index is 653. The monoisotopic (exact) mass is 373 g/mol. The number of ether oxygens (including phenoxy) is 1. The van der Waals surface area contributed by atoms with Gasteiger partial charge < -0.3 is 4.74 Å².